The molecule has 0 aliphatic heterocycles. The topological polar surface area (TPSA) is 20.3 Å². The molecule has 1 aromatic carbocycles. The molecule has 0 spiro atoms. The van der Waals surface area contributed by atoms with Crippen LogP contribution in [0.2, 0.25) is 0 Å². The molecule has 0 radical (unpaired) electrons. The lowest BCUT2D eigenvalue weighted by molar-refractivity contribution is -0.116. The molecular weight excluding hydrogens is 234 g/mol. The molecule has 0 aliphatic rings. The predicted molar refractivity (Wildman–Crippen MR) is 74.0 cm³/mol. The Labute approximate surface area is 109 Å². The molecular formula is C14H20ClNO. The van der Waals surface area contributed by atoms with E-state index in [1.165, 1.54) is 5.56 Å². The molecule has 1 aromatic rings. The number of alkyl halides is 1. The van der Waals surface area contributed by atoms with E-state index >= 15 is 0 Å². The average Bonchev–Trinajstić information content (AvgIpc) is 2.26. The van der Waals surface area contributed by atoms with Crippen molar-refractivity contribution in [2.45, 2.75) is 33.1 Å². The second kappa shape index (κ2) is 5.09. The van der Waals surface area contributed by atoms with Crippen molar-refractivity contribution in [2.24, 2.45) is 0 Å². The standard InChI is InChI=1S/C14H20ClNO/c1-10-6-7-11(14(2,3)4)8-12(10)16(5)13(17)9-15/h6-8H,9H2,1-5H3. The van der Waals surface area contributed by atoms with E-state index < -0.39 is 0 Å². The zero-order chi connectivity index (χ0) is 13.2. The van der Waals surface area contributed by atoms with E-state index in [1.807, 2.05) is 13.0 Å². The third-order valence-electron chi connectivity index (χ3n) is 2.92. The highest BCUT2D eigenvalue weighted by atomic mass is 35.5. The Morgan fingerprint density at radius 2 is 1.94 bits per heavy atom. The van der Waals surface area contributed by atoms with E-state index in [-0.39, 0.29) is 17.2 Å². The number of halogens is 1. The number of carbonyl (C=O) groups excluding carboxylic acids is 1. The van der Waals surface area contributed by atoms with Gasteiger partial charge in [0.15, 0.2) is 0 Å². The van der Waals surface area contributed by atoms with E-state index in [9.17, 15) is 4.79 Å². The first-order chi connectivity index (χ1) is 7.77. The fraction of sp³-hybridized carbons (Fsp3) is 0.500. The van der Waals surface area contributed by atoms with Gasteiger partial charge in [0.05, 0.1) is 0 Å². The van der Waals surface area contributed by atoms with Crippen LogP contribution in [0.15, 0.2) is 18.2 Å². The molecule has 94 valence electrons. The maximum Gasteiger partial charge on any atom is 0.241 e. The highest BCUT2D eigenvalue weighted by Crippen LogP contribution is 2.28. The van der Waals surface area contributed by atoms with Crippen molar-refractivity contribution >= 4 is 23.2 Å². The molecule has 0 aromatic heterocycles. The van der Waals surface area contributed by atoms with Crippen LogP contribution in [-0.2, 0) is 10.2 Å². The summed E-state index contributed by atoms with van der Waals surface area (Å²) in [5.41, 5.74) is 3.31. The second-order valence-electron chi connectivity index (χ2n) is 5.34. The Kier molecular flexibility index (Phi) is 4.21. The molecule has 17 heavy (non-hydrogen) atoms. The van der Waals surface area contributed by atoms with Crippen molar-refractivity contribution < 1.29 is 4.79 Å². The summed E-state index contributed by atoms with van der Waals surface area (Å²) in [5.74, 6) is -0.0730. The van der Waals surface area contributed by atoms with Gasteiger partial charge in [-0.05, 0) is 29.5 Å². The number of nitrogens with zero attached hydrogens (tertiary/aromatic N) is 1. The van der Waals surface area contributed by atoms with Gasteiger partial charge in [-0.3, -0.25) is 4.79 Å². The van der Waals surface area contributed by atoms with Crippen LogP contribution < -0.4 is 4.90 Å². The largest absolute Gasteiger partial charge is 0.314 e. The summed E-state index contributed by atoms with van der Waals surface area (Å²) in [6, 6.07) is 6.23. The number of rotatable bonds is 2. The summed E-state index contributed by atoms with van der Waals surface area (Å²) in [7, 11) is 1.76. The number of carbonyl (C=O) groups is 1. The van der Waals surface area contributed by atoms with Gasteiger partial charge in [-0.2, -0.15) is 0 Å². The fourth-order valence-corrected chi connectivity index (χ4v) is 1.84. The quantitative estimate of drug-likeness (QED) is 0.739. The highest BCUT2D eigenvalue weighted by Gasteiger charge is 2.17. The number of hydrogen-bond donors (Lipinski definition) is 0. The van der Waals surface area contributed by atoms with Crippen molar-refractivity contribution in [1.29, 1.82) is 0 Å². The van der Waals surface area contributed by atoms with Crippen LogP contribution in [0.1, 0.15) is 31.9 Å². The zero-order valence-corrected chi connectivity index (χ0v) is 11.9. The summed E-state index contributed by atoms with van der Waals surface area (Å²) < 4.78 is 0. The van der Waals surface area contributed by atoms with Gasteiger partial charge in [-0.25, -0.2) is 0 Å². The van der Waals surface area contributed by atoms with Crippen LogP contribution in [-0.4, -0.2) is 18.8 Å². The molecule has 0 bridgehead atoms. The molecule has 0 atom stereocenters. The van der Waals surface area contributed by atoms with Crippen molar-refractivity contribution in [3.05, 3.63) is 29.3 Å². The summed E-state index contributed by atoms with van der Waals surface area (Å²) in [6.45, 7) is 8.47. The monoisotopic (exact) mass is 253 g/mol. The van der Waals surface area contributed by atoms with Crippen molar-refractivity contribution in [3.63, 3.8) is 0 Å². The summed E-state index contributed by atoms with van der Waals surface area (Å²) in [5, 5.41) is 0. The molecule has 3 heteroatoms. The molecule has 0 fully saturated rings. The number of aryl methyl sites for hydroxylation is 1. The zero-order valence-electron chi connectivity index (χ0n) is 11.2. The van der Waals surface area contributed by atoms with Crippen molar-refractivity contribution in [3.8, 4) is 0 Å². The minimum Gasteiger partial charge on any atom is -0.314 e. The van der Waals surface area contributed by atoms with E-state index in [2.05, 4.69) is 32.9 Å². The Bertz CT molecular complexity index is 421. The van der Waals surface area contributed by atoms with Crippen molar-refractivity contribution in [2.75, 3.05) is 17.8 Å². The van der Waals surface area contributed by atoms with Gasteiger partial charge in [0.25, 0.3) is 0 Å². The summed E-state index contributed by atoms with van der Waals surface area (Å²) in [6.07, 6.45) is 0. The maximum atomic E-state index is 11.6. The van der Waals surface area contributed by atoms with Gasteiger partial charge >= 0.3 is 0 Å². The summed E-state index contributed by atoms with van der Waals surface area (Å²) >= 11 is 5.59. The van der Waals surface area contributed by atoms with Gasteiger partial charge in [0, 0.05) is 12.7 Å². The Morgan fingerprint density at radius 1 is 1.35 bits per heavy atom. The fourth-order valence-electron chi connectivity index (χ4n) is 1.66. The third kappa shape index (κ3) is 3.22. The molecule has 0 saturated heterocycles. The lowest BCUT2D eigenvalue weighted by Crippen LogP contribution is -2.28. The van der Waals surface area contributed by atoms with Gasteiger partial charge in [0.1, 0.15) is 5.88 Å². The van der Waals surface area contributed by atoms with Crippen LogP contribution in [0, 0.1) is 6.92 Å². The predicted octanol–water partition coefficient (Wildman–Crippen LogP) is 3.49. The van der Waals surface area contributed by atoms with Gasteiger partial charge in [0.2, 0.25) is 5.91 Å². The van der Waals surface area contributed by atoms with Crippen LogP contribution in [0.4, 0.5) is 5.69 Å². The number of benzene rings is 1. The number of hydrogen-bond acceptors (Lipinski definition) is 1. The second-order valence-corrected chi connectivity index (χ2v) is 5.60. The first-order valence-corrected chi connectivity index (χ1v) is 6.24. The average molecular weight is 254 g/mol. The minimum atomic E-state index is -0.0826. The summed E-state index contributed by atoms with van der Waals surface area (Å²) in [4.78, 5) is 13.2. The third-order valence-corrected chi connectivity index (χ3v) is 3.15. The molecule has 0 unspecified atom stereocenters. The van der Waals surface area contributed by atoms with E-state index in [0.29, 0.717) is 0 Å². The Balaban J connectivity index is 3.20. The first kappa shape index (κ1) is 14.0. The van der Waals surface area contributed by atoms with E-state index in [1.54, 1.807) is 11.9 Å². The maximum absolute atomic E-state index is 11.6. The van der Waals surface area contributed by atoms with Crippen LogP contribution in [0.5, 0.6) is 0 Å². The molecule has 1 amide bonds. The lowest BCUT2D eigenvalue weighted by atomic mass is 9.86. The van der Waals surface area contributed by atoms with Crippen LogP contribution in [0.25, 0.3) is 0 Å². The van der Waals surface area contributed by atoms with Gasteiger partial charge in [-0.15, -0.1) is 11.6 Å². The number of anilines is 1. The molecule has 0 aliphatic carbocycles. The SMILES string of the molecule is Cc1ccc(C(C)(C)C)cc1N(C)C(=O)CCl. The molecule has 2 nitrogen and oxygen atoms in total. The normalized spacial score (nSPS) is 11.4. The Morgan fingerprint density at radius 3 is 2.41 bits per heavy atom. The minimum absolute atomic E-state index is 0.00961. The highest BCUT2D eigenvalue weighted by molar-refractivity contribution is 6.29. The van der Waals surface area contributed by atoms with Gasteiger partial charge < -0.3 is 4.90 Å². The van der Waals surface area contributed by atoms with Crippen molar-refractivity contribution in [1.82, 2.24) is 0 Å². The molecule has 0 saturated carbocycles. The smallest absolute Gasteiger partial charge is 0.241 e. The van der Waals surface area contributed by atoms with Gasteiger partial charge in [-0.1, -0.05) is 32.9 Å². The Hall–Kier alpha value is -1.02. The van der Waals surface area contributed by atoms with Crippen LogP contribution in [0.3, 0.4) is 0 Å². The number of amides is 1. The van der Waals surface area contributed by atoms with Crippen LogP contribution >= 0.6 is 11.6 Å². The molecule has 0 heterocycles. The first-order valence-electron chi connectivity index (χ1n) is 5.71. The molecule has 0 N–H and O–H groups in total. The van der Waals surface area contributed by atoms with E-state index in [4.69, 9.17) is 11.6 Å². The van der Waals surface area contributed by atoms with E-state index in [0.717, 1.165) is 11.3 Å². The molecule has 1 rings (SSSR count). The lowest BCUT2D eigenvalue weighted by Gasteiger charge is -2.24.